The van der Waals surface area contributed by atoms with Crippen molar-refractivity contribution in [1.29, 1.82) is 0 Å². The summed E-state index contributed by atoms with van der Waals surface area (Å²) in [6.07, 6.45) is 0. The molecular weight excluding hydrogens is 220 g/mol. The molecule has 0 aromatic heterocycles. The highest BCUT2D eigenvalue weighted by atomic mass is 32.1. The number of nitrogens with zero attached hydrogens (tertiary/aromatic N) is 2. The van der Waals surface area contributed by atoms with Gasteiger partial charge in [-0.05, 0) is 24.3 Å². The fraction of sp³-hybridized carbons (Fsp3) is 0. The van der Waals surface area contributed by atoms with Crippen LogP contribution in [0.3, 0.4) is 0 Å². The smallest absolute Gasteiger partial charge is 0.220 e. The Morgan fingerprint density at radius 1 is 0.812 bits per heavy atom. The highest BCUT2D eigenvalue weighted by molar-refractivity contribution is 7.54. The zero-order valence-electron chi connectivity index (χ0n) is 8.48. The van der Waals surface area contributed by atoms with Crippen LogP contribution in [-0.4, -0.2) is 4.21 Å². The summed E-state index contributed by atoms with van der Waals surface area (Å²) in [5, 5.41) is 1.62. The van der Waals surface area contributed by atoms with E-state index in [9.17, 15) is 4.21 Å². The van der Waals surface area contributed by atoms with Gasteiger partial charge in [-0.15, -0.1) is 0 Å². The third kappa shape index (κ3) is 2.35. The van der Waals surface area contributed by atoms with Gasteiger partial charge in [0.25, 0.3) is 0 Å². The first kappa shape index (κ1) is 10.6. The molecule has 2 aromatic rings. The van der Waals surface area contributed by atoms with E-state index in [0.29, 0.717) is 0 Å². The average Bonchev–Trinajstić information content (AvgIpc) is 2.38. The quantitative estimate of drug-likeness (QED) is 0.759. The average molecular weight is 230 g/mol. The first-order valence-electron chi connectivity index (χ1n) is 4.82. The summed E-state index contributed by atoms with van der Waals surface area (Å²) >= 11 is 0.200. The van der Waals surface area contributed by atoms with E-state index in [4.69, 9.17) is 0 Å². The lowest BCUT2D eigenvalue weighted by molar-refractivity contribution is 0.697. The molecule has 3 nitrogen and oxygen atoms in total. The van der Waals surface area contributed by atoms with Crippen LogP contribution < -0.4 is 5.01 Å². The molecule has 0 saturated heterocycles. The summed E-state index contributed by atoms with van der Waals surface area (Å²) in [6, 6.07) is 19.1. The van der Waals surface area contributed by atoms with Gasteiger partial charge in [0.15, 0.2) is 0 Å². The van der Waals surface area contributed by atoms with E-state index in [0.717, 1.165) is 11.4 Å². The second-order valence-electron chi connectivity index (χ2n) is 3.14. The lowest BCUT2D eigenvalue weighted by atomic mass is 10.2. The molecule has 2 rings (SSSR count). The summed E-state index contributed by atoms with van der Waals surface area (Å²) in [5.41, 5.74) is 1.74. The number of hydrogen-bond donors (Lipinski definition) is 0. The maximum Gasteiger partial charge on any atom is 0.223 e. The normalized spacial score (nSPS) is 9.50. The fourth-order valence-corrected chi connectivity index (χ4v) is 1.67. The zero-order chi connectivity index (χ0) is 11.2. The number of anilines is 2. The monoisotopic (exact) mass is 230 g/mol. The molecule has 0 atom stereocenters. The Morgan fingerprint density at radius 2 is 1.25 bits per heavy atom. The minimum absolute atomic E-state index is 0.200. The van der Waals surface area contributed by atoms with Crippen LogP contribution in [-0.2, 0) is 11.5 Å². The van der Waals surface area contributed by atoms with Gasteiger partial charge in [-0.25, -0.2) is 5.01 Å². The van der Waals surface area contributed by atoms with E-state index in [1.54, 1.807) is 5.01 Å². The summed E-state index contributed by atoms with van der Waals surface area (Å²) < 4.78 is 14.5. The Morgan fingerprint density at radius 3 is 1.62 bits per heavy atom. The Labute approximate surface area is 97.6 Å². The van der Waals surface area contributed by atoms with Crippen molar-refractivity contribution in [2.24, 2.45) is 4.47 Å². The molecule has 0 spiro atoms. The van der Waals surface area contributed by atoms with E-state index in [1.807, 2.05) is 60.7 Å². The van der Waals surface area contributed by atoms with Crippen LogP contribution in [0.25, 0.3) is 0 Å². The van der Waals surface area contributed by atoms with Crippen LogP contribution in [0.4, 0.5) is 11.4 Å². The molecule has 0 aliphatic heterocycles. The minimum Gasteiger partial charge on any atom is -0.220 e. The van der Waals surface area contributed by atoms with Gasteiger partial charge in [-0.1, -0.05) is 40.9 Å². The molecule has 2 aromatic carbocycles. The van der Waals surface area contributed by atoms with Crippen LogP contribution in [0, 0.1) is 0 Å². The van der Waals surface area contributed by atoms with E-state index < -0.39 is 0 Å². The van der Waals surface area contributed by atoms with Crippen molar-refractivity contribution in [2.75, 3.05) is 5.01 Å². The van der Waals surface area contributed by atoms with Crippen LogP contribution >= 0.6 is 0 Å². The van der Waals surface area contributed by atoms with E-state index in [-0.39, 0.29) is 11.5 Å². The Balaban J connectivity index is 2.43. The van der Waals surface area contributed by atoms with Crippen molar-refractivity contribution >= 4 is 22.8 Å². The number of hydrogen-bond acceptors (Lipinski definition) is 2. The van der Waals surface area contributed by atoms with Gasteiger partial charge in [0.1, 0.15) is 0 Å². The van der Waals surface area contributed by atoms with Gasteiger partial charge in [0.05, 0.1) is 11.4 Å². The predicted molar refractivity (Wildman–Crippen MR) is 65.6 cm³/mol. The van der Waals surface area contributed by atoms with Crippen LogP contribution in [0.2, 0.25) is 0 Å². The van der Waals surface area contributed by atoms with Gasteiger partial charge in [0, 0.05) is 0 Å². The first-order chi connectivity index (χ1) is 7.92. The number of para-hydroxylation sites is 2. The molecule has 0 radical (unpaired) electrons. The highest BCUT2D eigenvalue weighted by Crippen LogP contribution is 2.24. The first-order valence-corrected chi connectivity index (χ1v) is 5.52. The molecule has 4 heteroatoms. The van der Waals surface area contributed by atoms with Crippen molar-refractivity contribution in [2.45, 2.75) is 0 Å². The van der Waals surface area contributed by atoms with Crippen molar-refractivity contribution < 1.29 is 4.21 Å². The molecular formula is C12H10N2OS. The Kier molecular flexibility index (Phi) is 3.46. The van der Waals surface area contributed by atoms with Crippen molar-refractivity contribution in [3.05, 3.63) is 60.7 Å². The topological polar surface area (TPSA) is 32.7 Å². The molecule has 0 heterocycles. The third-order valence-electron chi connectivity index (χ3n) is 2.12. The number of rotatable bonds is 3. The molecule has 16 heavy (non-hydrogen) atoms. The van der Waals surface area contributed by atoms with E-state index in [1.165, 1.54) is 0 Å². The van der Waals surface area contributed by atoms with Crippen LogP contribution in [0.15, 0.2) is 65.1 Å². The fourth-order valence-electron chi connectivity index (χ4n) is 1.42. The van der Waals surface area contributed by atoms with Crippen molar-refractivity contribution in [3.8, 4) is 0 Å². The second-order valence-corrected chi connectivity index (χ2v) is 3.45. The standard InChI is InChI=1S/C12H10N2OS/c15-16-13-14(11-7-3-1-4-8-11)12-9-5-2-6-10-12/h1-10H. The minimum atomic E-state index is 0.200. The maximum absolute atomic E-state index is 10.6. The van der Waals surface area contributed by atoms with Crippen LogP contribution in [0.1, 0.15) is 0 Å². The van der Waals surface area contributed by atoms with Crippen molar-refractivity contribution in [1.82, 2.24) is 0 Å². The largest absolute Gasteiger partial charge is 0.223 e. The van der Waals surface area contributed by atoms with Gasteiger partial charge in [-0.3, -0.25) is 0 Å². The van der Waals surface area contributed by atoms with Gasteiger partial charge in [0.2, 0.25) is 11.5 Å². The molecule has 0 unspecified atom stereocenters. The van der Waals surface area contributed by atoms with Crippen LogP contribution in [0.5, 0.6) is 0 Å². The van der Waals surface area contributed by atoms with Gasteiger partial charge < -0.3 is 0 Å². The molecule has 0 bridgehead atoms. The summed E-state index contributed by atoms with van der Waals surface area (Å²) in [6.45, 7) is 0. The summed E-state index contributed by atoms with van der Waals surface area (Å²) in [7, 11) is 0. The summed E-state index contributed by atoms with van der Waals surface area (Å²) in [5.74, 6) is 0. The second kappa shape index (κ2) is 5.23. The lowest BCUT2D eigenvalue weighted by Gasteiger charge is -2.16. The SMILES string of the molecule is O=S=NN(c1ccccc1)c1ccccc1. The molecule has 0 saturated carbocycles. The Bertz CT molecular complexity index is 455. The third-order valence-corrected chi connectivity index (χ3v) is 2.35. The molecule has 0 N–H and O–H groups in total. The summed E-state index contributed by atoms with van der Waals surface area (Å²) in [4.78, 5) is 0. The molecule has 0 fully saturated rings. The van der Waals surface area contributed by atoms with E-state index >= 15 is 0 Å². The van der Waals surface area contributed by atoms with Gasteiger partial charge >= 0.3 is 0 Å². The maximum atomic E-state index is 10.6. The highest BCUT2D eigenvalue weighted by Gasteiger charge is 2.06. The predicted octanol–water partition coefficient (Wildman–Crippen LogP) is 3.14. The Hall–Kier alpha value is -1.94. The van der Waals surface area contributed by atoms with E-state index in [2.05, 4.69) is 4.47 Å². The number of benzene rings is 2. The lowest BCUT2D eigenvalue weighted by Crippen LogP contribution is -2.07. The molecule has 0 amide bonds. The molecule has 0 aliphatic carbocycles. The van der Waals surface area contributed by atoms with Crippen molar-refractivity contribution in [3.63, 3.8) is 0 Å². The van der Waals surface area contributed by atoms with Gasteiger partial charge in [-0.2, -0.15) is 4.21 Å². The molecule has 80 valence electrons. The zero-order valence-corrected chi connectivity index (χ0v) is 9.30. The molecule has 0 aliphatic rings.